The molecule has 41 heavy (non-hydrogen) atoms. The second kappa shape index (κ2) is 16.0. The molecule has 2 aromatic rings. The smallest absolute Gasteiger partial charge is 0.425 e. The van der Waals surface area contributed by atoms with Gasteiger partial charge >= 0.3 is 6.11 Å². The summed E-state index contributed by atoms with van der Waals surface area (Å²) in [6, 6.07) is 8.96. The first-order chi connectivity index (χ1) is 19.9. The van der Waals surface area contributed by atoms with Crippen LogP contribution in [0.5, 0.6) is 5.75 Å². The van der Waals surface area contributed by atoms with Crippen LogP contribution in [0, 0.1) is 11.7 Å². The van der Waals surface area contributed by atoms with Crippen LogP contribution in [0.15, 0.2) is 30.3 Å². The summed E-state index contributed by atoms with van der Waals surface area (Å²) in [6.07, 6.45) is 20.1. The molecule has 1 fully saturated rings. The summed E-state index contributed by atoms with van der Waals surface area (Å²) >= 11 is 0. The molecular weight excluding hydrogens is 517 g/mol. The molecule has 0 amide bonds. The van der Waals surface area contributed by atoms with Crippen molar-refractivity contribution in [2.45, 2.75) is 154 Å². The summed E-state index contributed by atoms with van der Waals surface area (Å²) in [4.78, 5) is 0. The zero-order valence-corrected chi connectivity index (χ0v) is 25.7. The van der Waals surface area contributed by atoms with Gasteiger partial charge in [0.15, 0.2) is 11.6 Å². The highest BCUT2D eigenvalue weighted by molar-refractivity contribution is 5.77. The summed E-state index contributed by atoms with van der Waals surface area (Å²) in [5.41, 5.74) is 2.17. The molecule has 1 aliphatic heterocycles. The molecule has 1 nitrogen and oxygen atoms in total. The summed E-state index contributed by atoms with van der Waals surface area (Å²) < 4.78 is 51.2. The summed E-state index contributed by atoms with van der Waals surface area (Å²) in [7, 11) is 0. The summed E-state index contributed by atoms with van der Waals surface area (Å²) in [5.74, 6) is 0.171. The van der Waals surface area contributed by atoms with E-state index in [4.69, 9.17) is 4.74 Å². The van der Waals surface area contributed by atoms with Gasteiger partial charge < -0.3 is 4.74 Å². The lowest BCUT2D eigenvalue weighted by atomic mass is 9.76. The number of ether oxygens (including phenoxy) is 1. The number of halogens is 3. The number of fused-ring (bicyclic) bond motifs is 3. The molecule has 1 heterocycles. The van der Waals surface area contributed by atoms with Gasteiger partial charge in [-0.25, -0.2) is 4.39 Å². The van der Waals surface area contributed by atoms with Gasteiger partial charge in [-0.05, 0) is 73.1 Å². The molecule has 228 valence electrons. The van der Waals surface area contributed by atoms with Gasteiger partial charge in [0.2, 0.25) is 0 Å². The Balaban J connectivity index is 1.33. The third-order valence-electron chi connectivity index (χ3n) is 9.64. The van der Waals surface area contributed by atoms with Crippen molar-refractivity contribution in [2.75, 3.05) is 0 Å². The Kier molecular flexibility index (Phi) is 12.5. The average Bonchev–Trinajstić information content (AvgIpc) is 2.98. The highest BCUT2D eigenvalue weighted by Crippen LogP contribution is 2.50. The Labute approximate surface area is 247 Å². The van der Waals surface area contributed by atoms with Crippen LogP contribution in [0.2, 0.25) is 0 Å². The molecule has 0 N–H and O–H groups in total. The molecular formula is C37H53F3O. The third-order valence-corrected chi connectivity index (χ3v) is 9.64. The minimum absolute atomic E-state index is 0.119. The highest BCUT2D eigenvalue weighted by Gasteiger charge is 2.44. The summed E-state index contributed by atoms with van der Waals surface area (Å²) in [6.45, 7) is 4.47. The van der Waals surface area contributed by atoms with Crippen molar-refractivity contribution in [3.8, 4) is 16.9 Å². The van der Waals surface area contributed by atoms with Crippen LogP contribution >= 0.6 is 0 Å². The second-order valence-electron chi connectivity index (χ2n) is 12.8. The van der Waals surface area contributed by atoms with Gasteiger partial charge in [0.1, 0.15) is 0 Å². The largest absolute Gasteiger partial charge is 0.427 e. The van der Waals surface area contributed by atoms with E-state index in [1.54, 1.807) is 24.3 Å². The van der Waals surface area contributed by atoms with E-state index < -0.39 is 11.9 Å². The zero-order chi connectivity index (χ0) is 29.1. The Hall–Kier alpha value is -1.97. The molecule has 0 bridgehead atoms. The molecule has 2 aromatic carbocycles. The van der Waals surface area contributed by atoms with Crippen molar-refractivity contribution in [3.63, 3.8) is 0 Å². The van der Waals surface area contributed by atoms with Crippen LogP contribution in [0.25, 0.3) is 11.1 Å². The number of rotatable bonds is 17. The molecule has 0 unspecified atom stereocenters. The molecule has 1 aliphatic carbocycles. The van der Waals surface area contributed by atoms with Crippen molar-refractivity contribution < 1.29 is 17.9 Å². The average molecular weight is 571 g/mol. The Morgan fingerprint density at radius 1 is 0.707 bits per heavy atom. The number of alkyl halides is 2. The fourth-order valence-corrected chi connectivity index (χ4v) is 7.02. The third kappa shape index (κ3) is 8.77. The van der Waals surface area contributed by atoms with Crippen LogP contribution in [0.1, 0.15) is 158 Å². The highest BCUT2D eigenvalue weighted by atomic mass is 19.3. The van der Waals surface area contributed by atoms with Gasteiger partial charge in [-0.3, -0.25) is 0 Å². The molecule has 0 aromatic heterocycles. The fraction of sp³-hybridized carbons (Fsp3) is 0.676. The SMILES string of the molecule is CCCCCCCCCCc1ccc2c(c1F)OC(F)(F)c1cc(C3CCC(CCCCCCCC)CC3)ccc1-2. The molecule has 0 radical (unpaired) electrons. The van der Waals surface area contributed by atoms with Gasteiger partial charge in [-0.2, -0.15) is 8.78 Å². The van der Waals surface area contributed by atoms with Crippen LogP contribution in [-0.4, -0.2) is 0 Å². The maximum absolute atomic E-state index is 15.4. The van der Waals surface area contributed by atoms with Crippen molar-refractivity contribution in [2.24, 2.45) is 5.92 Å². The lowest BCUT2D eigenvalue weighted by molar-refractivity contribution is -0.188. The van der Waals surface area contributed by atoms with Crippen LogP contribution in [-0.2, 0) is 12.5 Å². The Morgan fingerprint density at radius 2 is 1.29 bits per heavy atom. The van der Waals surface area contributed by atoms with E-state index in [1.807, 2.05) is 6.07 Å². The molecule has 1 saturated carbocycles. The number of hydrogen-bond donors (Lipinski definition) is 0. The standard InChI is InChI=1S/C37H53F3O/c1-3-5-7-9-11-12-14-16-18-30-23-26-33-32-25-24-31(27-34(32)37(39,40)41-36(33)35(30)38)29-21-19-28(20-22-29)17-15-13-10-8-6-4-2/h23-29H,3-22H2,1-2H3. The molecule has 0 saturated heterocycles. The van der Waals surface area contributed by atoms with Gasteiger partial charge in [0.05, 0.1) is 5.56 Å². The van der Waals surface area contributed by atoms with Crippen molar-refractivity contribution in [1.82, 2.24) is 0 Å². The van der Waals surface area contributed by atoms with Crippen LogP contribution in [0.3, 0.4) is 0 Å². The van der Waals surface area contributed by atoms with E-state index in [2.05, 4.69) is 13.8 Å². The predicted molar refractivity (Wildman–Crippen MR) is 165 cm³/mol. The Bertz CT molecular complexity index is 1070. The van der Waals surface area contributed by atoms with Crippen molar-refractivity contribution >= 4 is 0 Å². The van der Waals surface area contributed by atoms with Crippen molar-refractivity contribution in [3.05, 3.63) is 52.8 Å². The van der Waals surface area contributed by atoms with Gasteiger partial charge in [0, 0.05) is 5.56 Å². The molecule has 0 atom stereocenters. The maximum Gasteiger partial charge on any atom is 0.427 e. The van der Waals surface area contributed by atoms with E-state index in [0.29, 0.717) is 29.0 Å². The minimum Gasteiger partial charge on any atom is -0.425 e. The fourth-order valence-electron chi connectivity index (χ4n) is 7.02. The normalized spacial score (nSPS) is 19.4. The zero-order valence-electron chi connectivity index (χ0n) is 25.7. The van der Waals surface area contributed by atoms with Gasteiger partial charge in [-0.1, -0.05) is 128 Å². The van der Waals surface area contributed by atoms with E-state index in [0.717, 1.165) is 43.6 Å². The van der Waals surface area contributed by atoms with E-state index in [-0.39, 0.29) is 11.3 Å². The van der Waals surface area contributed by atoms with E-state index in [9.17, 15) is 0 Å². The summed E-state index contributed by atoms with van der Waals surface area (Å²) in [5, 5.41) is 0. The van der Waals surface area contributed by atoms with Crippen molar-refractivity contribution in [1.29, 1.82) is 0 Å². The number of hydrogen-bond acceptors (Lipinski definition) is 1. The van der Waals surface area contributed by atoms with E-state index in [1.165, 1.54) is 89.9 Å². The minimum atomic E-state index is -3.54. The lowest BCUT2D eigenvalue weighted by Gasteiger charge is -2.32. The first-order valence-corrected chi connectivity index (χ1v) is 17.0. The number of benzene rings is 2. The molecule has 4 rings (SSSR count). The number of unbranched alkanes of at least 4 members (excludes halogenated alkanes) is 12. The molecule has 4 heteroatoms. The Morgan fingerprint density at radius 3 is 1.95 bits per heavy atom. The van der Waals surface area contributed by atoms with E-state index >= 15 is 13.2 Å². The van der Waals surface area contributed by atoms with Crippen LogP contribution in [0.4, 0.5) is 13.2 Å². The number of aryl methyl sites for hydroxylation is 1. The van der Waals surface area contributed by atoms with Gasteiger partial charge in [0.25, 0.3) is 0 Å². The topological polar surface area (TPSA) is 9.23 Å². The lowest BCUT2D eigenvalue weighted by Crippen LogP contribution is -2.28. The molecule has 2 aliphatic rings. The van der Waals surface area contributed by atoms with Gasteiger partial charge in [-0.15, -0.1) is 0 Å². The second-order valence-corrected chi connectivity index (χ2v) is 12.8. The first kappa shape index (κ1) is 32.0. The predicted octanol–water partition coefficient (Wildman–Crippen LogP) is 12.6. The monoisotopic (exact) mass is 570 g/mol. The molecule has 0 spiro atoms. The first-order valence-electron chi connectivity index (χ1n) is 17.0. The maximum atomic E-state index is 15.4. The van der Waals surface area contributed by atoms with Crippen LogP contribution < -0.4 is 4.74 Å². The quantitative estimate of drug-likeness (QED) is 0.172.